The topological polar surface area (TPSA) is 102 Å². The average Bonchev–Trinajstić information content (AvgIpc) is 2.96. The molecule has 0 radical (unpaired) electrons. The van der Waals surface area contributed by atoms with Crippen LogP contribution in [0.3, 0.4) is 0 Å². The van der Waals surface area contributed by atoms with E-state index < -0.39 is 10.0 Å². The molecule has 3 rings (SSSR count). The van der Waals surface area contributed by atoms with Crippen LogP contribution < -0.4 is 16.0 Å². The summed E-state index contributed by atoms with van der Waals surface area (Å²) in [6.45, 7) is 1.89. The van der Waals surface area contributed by atoms with Crippen LogP contribution in [-0.4, -0.2) is 17.8 Å². The molecule has 0 spiro atoms. The molecule has 4 N–H and O–H groups in total. The van der Waals surface area contributed by atoms with Gasteiger partial charge in [-0.3, -0.25) is 9.12 Å². The summed E-state index contributed by atoms with van der Waals surface area (Å²) in [6, 6.07) is 7.11. The lowest BCUT2D eigenvalue weighted by Crippen LogP contribution is -2.18. The Morgan fingerprint density at radius 1 is 1.38 bits per heavy atom. The number of nitrogen functional groups attached to an aromatic ring is 1. The summed E-state index contributed by atoms with van der Waals surface area (Å²) in [6.07, 6.45) is 1.64. The first-order valence-electron chi connectivity index (χ1n) is 6.03. The van der Waals surface area contributed by atoms with Crippen molar-refractivity contribution in [1.29, 1.82) is 0 Å². The Kier molecular flexibility index (Phi) is 3.32. The van der Waals surface area contributed by atoms with Gasteiger partial charge in [0.1, 0.15) is 0 Å². The molecule has 0 fully saturated rings. The lowest BCUT2D eigenvalue weighted by Gasteiger charge is -2.09. The fourth-order valence-corrected chi connectivity index (χ4v) is 4.10. The van der Waals surface area contributed by atoms with Crippen LogP contribution in [0.25, 0.3) is 4.96 Å². The summed E-state index contributed by atoms with van der Waals surface area (Å²) in [5, 5.41) is 1.75. The minimum absolute atomic E-state index is 0.0113. The molecule has 2 heterocycles. The number of fused-ring (bicyclic) bond motifs is 1. The van der Waals surface area contributed by atoms with Gasteiger partial charge in [-0.15, -0.1) is 11.3 Å². The van der Waals surface area contributed by atoms with Gasteiger partial charge in [0.25, 0.3) is 10.0 Å². The van der Waals surface area contributed by atoms with Gasteiger partial charge in [0.05, 0.1) is 0 Å². The molecule has 21 heavy (non-hydrogen) atoms. The zero-order valence-corrected chi connectivity index (χ0v) is 12.7. The summed E-state index contributed by atoms with van der Waals surface area (Å²) >= 11 is 1.33. The van der Waals surface area contributed by atoms with E-state index in [0.29, 0.717) is 10.6 Å². The van der Waals surface area contributed by atoms with Crippen LogP contribution >= 0.6 is 11.3 Å². The SMILES string of the molecule is Cc1cccc(NS(=O)(=O)c2c(NN)nc3sccn23)c1. The molecule has 0 saturated carbocycles. The van der Waals surface area contributed by atoms with E-state index in [9.17, 15) is 8.42 Å². The third kappa shape index (κ3) is 2.46. The second-order valence-electron chi connectivity index (χ2n) is 4.44. The van der Waals surface area contributed by atoms with Crippen molar-refractivity contribution in [2.75, 3.05) is 10.1 Å². The number of rotatable bonds is 4. The molecule has 9 heteroatoms. The van der Waals surface area contributed by atoms with Gasteiger partial charge in [-0.2, -0.15) is 13.4 Å². The Bertz CT molecular complexity index is 897. The lowest BCUT2D eigenvalue weighted by molar-refractivity contribution is 0.597. The van der Waals surface area contributed by atoms with Gasteiger partial charge in [0.2, 0.25) is 5.03 Å². The number of aromatic nitrogens is 2. The zero-order valence-electron chi connectivity index (χ0n) is 11.1. The number of imidazole rings is 1. The number of nitrogens with two attached hydrogens (primary N) is 1. The molecule has 0 aliphatic rings. The van der Waals surface area contributed by atoms with Crippen molar-refractivity contribution in [2.24, 2.45) is 5.84 Å². The zero-order chi connectivity index (χ0) is 15.0. The van der Waals surface area contributed by atoms with E-state index in [1.807, 2.05) is 13.0 Å². The number of nitrogens with one attached hydrogen (secondary N) is 2. The smallest absolute Gasteiger partial charge is 0.281 e. The largest absolute Gasteiger partial charge is 0.306 e. The van der Waals surface area contributed by atoms with Crippen molar-refractivity contribution in [2.45, 2.75) is 11.9 Å². The Morgan fingerprint density at radius 3 is 2.90 bits per heavy atom. The van der Waals surface area contributed by atoms with Crippen LogP contribution in [0.15, 0.2) is 40.9 Å². The van der Waals surface area contributed by atoms with Gasteiger partial charge in [-0.05, 0) is 24.6 Å². The number of nitrogens with zero attached hydrogens (tertiary/aromatic N) is 2. The van der Waals surface area contributed by atoms with Crippen LogP contribution in [0.4, 0.5) is 11.5 Å². The van der Waals surface area contributed by atoms with Crippen molar-refractivity contribution >= 4 is 37.8 Å². The summed E-state index contributed by atoms with van der Waals surface area (Å²) in [4.78, 5) is 4.69. The van der Waals surface area contributed by atoms with Crippen LogP contribution in [0, 0.1) is 6.92 Å². The molecular formula is C12H13N5O2S2. The van der Waals surface area contributed by atoms with E-state index in [4.69, 9.17) is 5.84 Å². The van der Waals surface area contributed by atoms with E-state index in [2.05, 4.69) is 15.1 Å². The summed E-state index contributed by atoms with van der Waals surface area (Å²) < 4.78 is 29.2. The van der Waals surface area contributed by atoms with Crippen molar-refractivity contribution in [3.63, 3.8) is 0 Å². The van der Waals surface area contributed by atoms with E-state index in [-0.39, 0.29) is 10.8 Å². The molecule has 0 amide bonds. The molecule has 3 aromatic rings. The highest BCUT2D eigenvalue weighted by Crippen LogP contribution is 2.26. The molecule has 0 aliphatic heterocycles. The highest BCUT2D eigenvalue weighted by Gasteiger charge is 2.25. The van der Waals surface area contributed by atoms with Gasteiger partial charge >= 0.3 is 0 Å². The van der Waals surface area contributed by atoms with Crippen molar-refractivity contribution in [1.82, 2.24) is 9.38 Å². The molecule has 1 aromatic carbocycles. The lowest BCUT2D eigenvalue weighted by atomic mass is 10.2. The Labute approximate surface area is 125 Å². The average molecular weight is 323 g/mol. The molecule has 0 saturated heterocycles. The van der Waals surface area contributed by atoms with Crippen molar-refractivity contribution in [3.8, 4) is 0 Å². The number of aryl methyl sites for hydroxylation is 1. The van der Waals surface area contributed by atoms with Crippen molar-refractivity contribution in [3.05, 3.63) is 41.4 Å². The minimum atomic E-state index is -3.81. The second-order valence-corrected chi connectivity index (χ2v) is 6.91. The molecule has 110 valence electrons. The molecule has 0 aliphatic carbocycles. The maximum atomic E-state index is 12.6. The second kappa shape index (κ2) is 5.02. The van der Waals surface area contributed by atoms with Crippen LogP contribution in [-0.2, 0) is 10.0 Å². The predicted molar refractivity (Wildman–Crippen MR) is 82.9 cm³/mol. The first kappa shape index (κ1) is 13.9. The molecule has 0 bridgehead atoms. The summed E-state index contributed by atoms with van der Waals surface area (Å²) in [5.41, 5.74) is 3.78. The third-order valence-corrected chi connectivity index (χ3v) is 5.04. The predicted octanol–water partition coefficient (Wildman–Crippen LogP) is 1.79. The number of anilines is 2. The maximum absolute atomic E-state index is 12.6. The van der Waals surface area contributed by atoms with Gasteiger partial charge in [-0.1, -0.05) is 12.1 Å². The number of hydrogen-bond donors (Lipinski definition) is 3. The number of benzene rings is 1. The Balaban J connectivity index is 2.09. The van der Waals surface area contributed by atoms with Crippen molar-refractivity contribution < 1.29 is 8.42 Å². The third-order valence-electron chi connectivity index (χ3n) is 2.88. The van der Waals surface area contributed by atoms with Crippen LogP contribution in [0.1, 0.15) is 5.56 Å². The van der Waals surface area contributed by atoms with E-state index in [1.165, 1.54) is 15.7 Å². The molecule has 2 aromatic heterocycles. The van der Waals surface area contributed by atoms with Gasteiger partial charge in [-0.25, -0.2) is 5.84 Å². The highest BCUT2D eigenvalue weighted by molar-refractivity contribution is 7.92. The van der Waals surface area contributed by atoms with E-state index in [0.717, 1.165) is 5.56 Å². The fraction of sp³-hybridized carbons (Fsp3) is 0.0833. The number of sulfonamides is 1. The van der Waals surface area contributed by atoms with Gasteiger partial charge in [0, 0.05) is 17.3 Å². The Morgan fingerprint density at radius 2 is 2.19 bits per heavy atom. The number of thiazole rings is 1. The fourth-order valence-electron chi connectivity index (χ4n) is 2.03. The number of hydrogen-bond acceptors (Lipinski definition) is 6. The van der Waals surface area contributed by atoms with Gasteiger partial charge < -0.3 is 5.43 Å². The minimum Gasteiger partial charge on any atom is -0.306 e. The van der Waals surface area contributed by atoms with Crippen LogP contribution in [0.5, 0.6) is 0 Å². The molecule has 0 unspecified atom stereocenters. The van der Waals surface area contributed by atoms with Gasteiger partial charge in [0.15, 0.2) is 10.8 Å². The molecule has 0 atom stereocenters. The van der Waals surface area contributed by atoms with E-state index in [1.54, 1.807) is 29.8 Å². The normalized spacial score (nSPS) is 11.7. The summed E-state index contributed by atoms with van der Waals surface area (Å²) in [5.74, 6) is 5.49. The molecular weight excluding hydrogens is 310 g/mol. The standard InChI is InChI=1S/C12H13N5O2S2/c1-8-3-2-4-9(7-8)16-21(18,19)11-10(15-13)14-12-17(11)5-6-20-12/h2-7,15-16H,13H2,1H3. The molecule has 7 nitrogen and oxygen atoms in total. The quantitative estimate of drug-likeness (QED) is 0.502. The highest BCUT2D eigenvalue weighted by atomic mass is 32.2. The number of hydrazine groups is 1. The van der Waals surface area contributed by atoms with Crippen LogP contribution in [0.2, 0.25) is 0 Å². The first-order valence-corrected chi connectivity index (χ1v) is 8.39. The maximum Gasteiger partial charge on any atom is 0.281 e. The summed E-state index contributed by atoms with van der Waals surface area (Å²) in [7, 11) is -3.81. The Hall–Kier alpha value is -2.10. The van der Waals surface area contributed by atoms with E-state index >= 15 is 0 Å². The first-order chi connectivity index (χ1) is 10.0. The monoisotopic (exact) mass is 323 g/mol.